The van der Waals surface area contributed by atoms with Gasteiger partial charge in [0.1, 0.15) is 17.1 Å². The summed E-state index contributed by atoms with van der Waals surface area (Å²) in [6.07, 6.45) is 1.02. The Morgan fingerprint density at radius 2 is 2.17 bits per heavy atom. The summed E-state index contributed by atoms with van der Waals surface area (Å²) >= 11 is 1.69. The third-order valence-corrected chi connectivity index (χ3v) is 5.14. The Hall–Kier alpha value is -2.45. The molecule has 0 spiro atoms. The molecular formula is C19H18N2O2S. The van der Waals surface area contributed by atoms with Crippen LogP contribution in [0.2, 0.25) is 0 Å². The van der Waals surface area contributed by atoms with E-state index in [4.69, 9.17) is 10.00 Å². The van der Waals surface area contributed by atoms with Gasteiger partial charge in [0.05, 0.1) is 0 Å². The first-order valence-electron chi connectivity index (χ1n) is 7.84. The molecule has 1 N–H and O–H groups in total. The topological polar surface area (TPSA) is 62.1 Å². The number of aryl methyl sites for hydroxylation is 1. The second-order valence-electron chi connectivity index (χ2n) is 5.51. The van der Waals surface area contributed by atoms with Gasteiger partial charge < -0.3 is 10.1 Å². The van der Waals surface area contributed by atoms with E-state index in [1.165, 1.54) is 5.56 Å². The largest absolute Gasteiger partial charge is 0.479 e. The van der Waals surface area contributed by atoms with Crippen LogP contribution in [-0.4, -0.2) is 18.3 Å². The Balaban J connectivity index is 1.63. The van der Waals surface area contributed by atoms with E-state index in [1.807, 2.05) is 42.5 Å². The number of fused-ring (bicyclic) bond motifs is 1. The Bertz CT molecular complexity index is 770. The van der Waals surface area contributed by atoms with Gasteiger partial charge in [-0.2, -0.15) is 5.26 Å². The quantitative estimate of drug-likeness (QED) is 0.909. The fraction of sp³-hybridized carbons (Fsp3) is 0.263. The zero-order valence-electron chi connectivity index (χ0n) is 13.2. The van der Waals surface area contributed by atoms with Gasteiger partial charge in [-0.15, -0.1) is 11.8 Å². The second kappa shape index (κ2) is 7.89. The summed E-state index contributed by atoms with van der Waals surface area (Å²) in [5, 5.41) is 11.4. The molecule has 0 saturated heterocycles. The van der Waals surface area contributed by atoms with Gasteiger partial charge in [-0.25, -0.2) is 0 Å². The average Bonchev–Trinajstić information content (AvgIpc) is 2.64. The molecule has 1 aliphatic rings. The lowest BCUT2D eigenvalue weighted by atomic mass is 10.0. The third kappa shape index (κ3) is 3.90. The van der Waals surface area contributed by atoms with Crippen molar-refractivity contribution in [3.05, 3.63) is 65.2 Å². The van der Waals surface area contributed by atoms with E-state index in [-0.39, 0.29) is 17.8 Å². The number of nitrogens with zero attached hydrogens (tertiary/aromatic N) is 1. The third-order valence-electron chi connectivity index (χ3n) is 3.90. The number of amides is 1. The van der Waals surface area contributed by atoms with Crippen molar-refractivity contribution >= 4 is 17.7 Å². The van der Waals surface area contributed by atoms with Crippen LogP contribution in [0.4, 0.5) is 0 Å². The summed E-state index contributed by atoms with van der Waals surface area (Å²) in [5.74, 6) is 1.64. The molecule has 3 rings (SSSR count). The number of carbonyl (C=O) groups excluding carboxylic acids is 1. The molecule has 1 heterocycles. The van der Waals surface area contributed by atoms with E-state index in [0.717, 1.165) is 23.3 Å². The minimum absolute atomic E-state index is 0.0192. The predicted octanol–water partition coefficient (Wildman–Crippen LogP) is 3.24. The van der Waals surface area contributed by atoms with Crippen molar-refractivity contribution in [1.82, 2.24) is 5.32 Å². The SMILES string of the molecule is N#CCOc1cccc(CNC(=O)[C@@H]2SCCc3ccccc32)c1. The van der Waals surface area contributed by atoms with Crippen molar-refractivity contribution in [2.75, 3.05) is 12.4 Å². The van der Waals surface area contributed by atoms with Crippen LogP contribution in [-0.2, 0) is 17.8 Å². The predicted molar refractivity (Wildman–Crippen MR) is 94.7 cm³/mol. The summed E-state index contributed by atoms with van der Waals surface area (Å²) in [7, 11) is 0. The first-order chi connectivity index (χ1) is 11.8. The van der Waals surface area contributed by atoms with Gasteiger partial charge in [0, 0.05) is 6.54 Å². The highest BCUT2D eigenvalue weighted by atomic mass is 32.2. The molecule has 2 aromatic carbocycles. The van der Waals surface area contributed by atoms with Gasteiger partial charge in [-0.1, -0.05) is 36.4 Å². The molecule has 0 fully saturated rings. The van der Waals surface area contributed by atoms with Crippen molar-refractivity contribution < 1.29 is 9.53 Å². The average molecular weight is 338 g/mol. The van der Waals surface area contributed by atoms with E-state index >= 15 is 0 Å². The van der Waals surface area contributed by atoms with E-state index < -0.39 is 0 Å². The molecule has 2 aromatic rings. The van der Waals surface area contributed by atoms with Crippen molar-refractivity contribution in [3.8, 4) is 11.8 Å². The first-order valence-corrected chi connectivity index (χ1v) is 8.88. The fourth-order valence-corrected chi connectivity index (χ4v) is 3.97. The number of thioether (sulfide) groups is 1. The van der Waals surface area contributed by atoms with E-state index in [9.17, 15) is 4.79 Å². The lowest BCUT2D eigenvalue weighted by Crippen LogP contribution is -2.29. The molecule has 0 saturated carbocycles. The number of rotatable bonds is 5. The number of ether oxygens (including phenoxy) is 1. The highest BCUT2D eigenvalue weighted by molar-refractivity contribution is 8.00. The van der Waals surface area contributed by atoms with Gasteiger partial charge in [0.15, 0.2) is 6.61 Å². The molecular weight excluding hydrogens is 320 g/mol. The van der Waals surface area contributed by atoms with E-state index in [2.05, 4.69) is 11.4 Å². The minimum Gasteiger partial charge on any atom is -0.479 e. The van der Waals surface area contributed by atoms with Gasteiger partial charge in [0.2, 0.25) is 5.91 Å². The van der Waals surface area contributed by atoms with Crippen LogP contribution in [0.5, 0.6) is 5.75 Å². The van der Waals surface area contributed by atoms with Crippen molar-refractivity contribution in [1.29, 1.82) is 5.26 Å². The summed E-state index contributed by atoms with van der Waals surface area (Å²) in [6.45, 7) is 0.465. The lowest BCUT2D eigenvalue weighted by molar-refractivity contribution is -0.120. The Morgan fingerprint density at radius 1 is 1.29 bits per heavy atom. The Morgan fingerprint density at radius 3 is 3.04 bits per heavy atom. The minimum atomic E-state index is -0.145. The number of benzene rings is 2. The molecule has 5 heteroatoms. The van der Waals surface area contributed by atoms with Crippen LogP contribution in [0.15, 0.2) is 48.5 Å². The number of carbonyl (C=O) groups is 1. The maximum absolute atomic E-state index is 12.6. The summed E-state index contributed by atoms with van der Waals surface area (Å²) < 4.78 is 5.29. The van der Waals surface area contributed by atoms with E-state index in [0.29, 0.717) is 12.3 Å². The standard InChI is InChI=1S/C19H18N2O2S/c20-9-10-23-16-6-3-4-14(12-16)13-21-19(22)18-17-7-2-1-5-15(17)8-11-24-18/h1-7,12,18H,8,10-11,13H2,(H,21,22)/t18-/m1/s1. The number of hydrogen-bond acceptors (Lipinski definition) is 4. The zero-order valence-corrected chi connectivity index (χ0v) is 14.0. The Kier molecular flexibility index (Phi) is 5.39. The van der Waals surface area contributed by atoms with Crippen LogP contribution >= 0.6 is 11.8 Å². The second-order valence-corrected chi connectivity index (χ2v) is 6.72. The summed E-state index contributed by atoms with van der Waals surface area (Å²) in [5.41, 5.74) is 3.34. The molecule has 1 aliphatic heterocycles. The highest BCUT2D eigenvalue weighted by Crippen LogP contribution is 2.36. The lowest BCUT2D eigenvalue weighted by Gasteiger charge is -2.24. The summed E-state index contributed by atoms with van der Waals surface area (Å²) in [6, 6.07) is 17.5. The maximum atomic E-state index is 12.6. The van der Waals surface area contributed by atoms with Crippen molar-refractivity contribution in [3.63, 3.8) is 0 Å². The monoisotopic (exact) mass is 338 g/mol. The summed E-state index contributed by atoms with van der Waals surface area (Å²) in [4.78, 5) is 12.6. The Labute approximate surface area is 145 Å². The van der Waals surface area contributed by atoms with Crippen molar-refractivity contribution in [2.24, 2.45) is 0 Å². The molecule has 24 heavy (non-hydrogen) atoms. The van der Waals surface area contributed by atoms with Crippen LogP contribution in [0, 0.1) is 11.3 Å². The molecule has 0 aliphatic carbocycles. The zero-order chi connectivity index (χ0) is 16.8. The molecule has 0 bridgehead atoms. The molecule has 122 valence electrons. The molecule has 1 atom stereocenters. The molecule has 0 radical (unpaired) electrons. The number of nitriles is 1. The van der Waals surface area contributed by atoms with Gasteiger partial charge >= 0.3 is 0 Å². The number of nitrogens with one attached hydrogen (secondary N) is 1. The van der Waals surface area contributed by atoms with Gasteiger partial charge in [0.25, 0.3) is 0 Å². The molecule has 0 unspecified atom stereocenters. The number of hydrogen-bond donors (Lipinski definition) is 1. The van der Waals surface area contributed by atoms with Crippen LogP contribution < -0.4 is 10.1 Å². The van der Waals surface area contributed by atoms with E-state index in [1.54, 1.807) is 17.8 Å². The van der Waals surface area contributed by atoms with Crippen LogP contribution in [0.25, 0.3) is 0 Å². The fourth-order valence-electron chi connectivity index (χ4n) is 2.75. The highest BCUT2D eigenvalue weighted by Gasteiger charge is 2.26. The van der Waals surface area contributed by atoms with Gasteiger partial charge in [-0.3, -0.25) is 4.79 Å². The first kappa shape index (κ1) is 16.4. The maximum Gasteiger partial charge on any atom is 0.237 e. The molecule has 0 aromatic heterocycles. The van der Waals surface area contributed by atoms with Gasteiger partial charge in [-0.05, 0) is 41.0 Å². The molecule has 1 amide bonds. The van der Waals surface area contributed by atoms with Crippen LogP contribution in [0.1, 0.15) is 21.9 Å². The van der Waals surface area contributed by atoms with Crippen molar-refractivity contribution in [2.45, 2.75) is 18.2 Å². The smallest absolute Gasteiger partial charge is 0.237 e. The normalized spacial score (nSPS) is 15.9. The van der Waals surface area contributed by atoms with Crippen LogP contribution in [0.3, 0.4) is 0 Å². The molecule has 4 nitrogen and oxygen atoms in total.